The summed E-state index contributed by atoms with van der Waals surface area (Å²) in [4.78, 5) is 33.8. The highest BCUT2D eigenvalue weighted by molar-refractivity contribution is 5.90. The Kier molecular flexibility index (Phi) is 3.85. The number of carbonyl (C=O) groups is 2. The van der Waals surface area contributed by atoms with Crippen molar-refractivity contribution in [3.63, 3.8) is 0 Å². The summed E-state index contributed by atoms with van der Waals surface area (Å²) in [5, 5.41) is 6.36. The molecule has 2 amide bonds. The highest BCUT2D eigenvalue weighted by Gasteiger charge is 2.31. The Bertz CT molecular complexity index is 725. The molecule has 0 unspecified atom stereocenters. The Hall–Kier alpha value is -2.71. The number of amides is 2. The molecule has 1 aliphatic rings. The van der Waals surface area contributed by atoms with Gasteiger partial charge < -0.3 is 19.2 Å². The largest absolute Gasteiger partial charge is 0.435 e. The molecular formula is C14H17N5O4. The zero-order chi connectivity index (χ0) is 16.6. The first-order chi connectivity index (χ1) is 10.9. The van der Waals surface area contributed by atoms with Crippen molar-refractivity contribution < 1.29 is 18.5 Å². The van der Waals surface area contributed by atoms with Gasteiger partial charge in [-0.3, -0.25) is 9.59 Å². The van der Waals surface area contributed by atoms with E-state index in [1.807, 2.05) is 13.8 Å². The molecule has 1 aliphatic heterocycles. The first-order valence-corrected chi connectivity index (χ1v) is 7.28. The van der Waals surface area contributed by atoms with Crippen LogP contribution in [0.25, 0.3) is 0 Å². The lowest BCUT2D eigenvalue weighted by Gasteiger charge is -2.13. The van der Waals surface area contributed by atoms with E-state index < -0.39 is 0 Å². The van der Waals surface area contributed by atoms with E-state index >= 15 is 0 Å². The molecule has 9 nitrogen and oxygen atoms in total. The summed E-state index contributed by atoms with van der Waals surface area (Å²) >= 11 is 0. The van der Waals surface area contributed by atoms with Crippen LogP contribution in [0.4, 0.5) is 0 Å². The maximum atomic E-state index is 12.2. The van der Waals surface area contributed by atoms with Crippen LogP contribution >= 0.6 is 0 Å². The van der Waals surface area contributed by atoms with E-state index in [2.05, 4.69) is 20.4 Å². The first kappa shape index (κ1) is 15.2. The van der Waals surface area contributed by atoms with Gasteiger partial charge in [0.2, 0.25) is 11.8 Å². The minimum atomic E-state index is -0.353. The number of hydrogen-bond acceptors (Lipinski definition) is 7. The number of rotatable bonds is 4. The second-order valence-corrected chi connectivity index (χ2v) is 5.68. The molecule has 0 atom stereocenters. The number of aryl methyl sites for hydroxylation is 1. The van der Waals surface area contributed by atoms with Crippen molar-refractivity contribution in [2.75, 3.05) is 0 Å². The van der Waals surface area contributed by atoms with Crippen molar-refractivity contribution in [1.82, 2.24) is 25.3 Å². The Morgan fingerprint density at radius 2 is 2.09 bits per heavy atom. The maximum Gasteiger partial charge on any atom is 0.307 e. The van der Waals surface area contributed by atoms with Crippen LogP contribution in [0.5, 0.6) is 0 Å². The predicted molar refractivity (Wildman–Crippen MR) is 76.1 cm³/mol. The highest BCUT2D eigenvalue weighted by atomic mass is 16.5. The molecule has 3 rings (SSSR count). The molecule has 0 saturated heterocycles. The van der Waals surface area contributed by atoms with Crippen LogP contribution in [-0.4, -0.2) is 37.9 Å². The number of nitrogens with zero attached hydrogens (tertiary/aromatic N) is 4. The van der Waals surface area contributed by atoms with E-state index in [1.165, 1.54) is 0 Å². The summed E-state index contributed by atoms with van der Waals surface area (Å²) in [5.41, 5.74) is 0.606. The molecule has 0 aliphatic carbocycles. The average molecular weight is 319 g/mol. The van der Waals surface area contributed by atoms with Gasteiger partial charge in [-0.2, -0.15) is 4.98 Å². The van der Waals surface area contributed by atoms with E-state index in [9.17, 15) is 9.59 Å². The van der Waals surface area contributed by atoms with E-state index in [4.69, 9.17) is 8.94 Å². The highest BCUT2D eigenvalue weighted by Crippen LogP contribution is 2.24. The van der Waals surface area contributed by atoms with Gasteiger partial charge in [-0.25, -0.2) is 4.98 Å². The van der Waals surface area contributed by atoms with Gasteiger partial charge in [-0.15, -0.1) is 0 Å². The van der Waals surface area contributed by atoms with Crippen molar-refractivity contribution in [3.8, 4) is 0 Å². The second-order valence-electron chi connectivity index (χ2n) is 5.68. The van der Waals surface area contributed by atoms with Crippen molar-refractivity contribution in [2.24, 2.45) is 0 Å². The third kappa shape index (κ3) is 3.22. The van der Waals surface area contributed by atoms with Gasteiger partial charge in [0.05, 0.1) is 13.1 Å². The Morgan fingerprint density at radius 3 is 2.70 bits per heavy atom. The molecule has 0 aromatic carbocycles. The molecule has 3 heterocycles. The van der Waals surface area contributed by atoms with E-state index in [0.29, 0.717) is 23.8 Å². The summed E-state index contributed by atoms with van der Waals surface area (Å²) in [6.07, 6.45) is 0.0335. The van der Waals surface area contributed by atoms with Crippen LogP contribution in [0, 0.1) is 6.92 Å². The molecule has 0 spiro atoms. The van der Waals surface area contributed by atoms with Crippen LogP contribution in [0.1, 0.15) is 47.7 Å². The minimum Gasteiger partial charge on any atom is -0.435 e. The van der Waals surface area contributed by atoms with Crippen LogP contribution in [0.15, 0.2) is 8.94 Å². The van der Waals surface area contributed by atoms with Crippen LogP contribution < -0.4 is 5.32 Å². The number of nitrogens with one attached hydrogen (secondary N) is 1. The normalized spacial score (nSPS) is 13.5. The minimum absolute atomic E-state index is 0.000166. The summed E-state index contributed by atoms with van der Waals surface area (Å²) in [5.74, 6) is 0.825. The molecule has 23 heavy (non-hydrogen) atoms. The van der Waals surface area contributed by atoms with E-state index in [1.54, 1.807) is 11.8 Å². The predicted octanol–water partition coefficient (Wildman–Crippen LogP) is 0.589. The summed E-state index contributed by atoms with van der Waals surface area (Å²) in [6.45, 7) is 5.99. The fourth-order valence-corrected chi connectivity index (χ4v) is 2.29. The average Bonchev–Trinajstić information content (AvgIpc) is 3.11. The molecule has 2 aromatic heterocycles. The molecule has 0 bridgehead atoms. The summed E-state index contributed by atoms with van der Waals surface area (Å²) < 4.78 is 10.4. The number of carbonyl (C=O) groups excluding carboxylic acids is 2. The van der Waals surface area contributed by atoms with Crippen molar-refractivity contribution in [3.05, 3.63) is 29.1 Å². The van der Waals surface area contributed by atoms with E-state index in [0.717, 1.165) is 0 Å². The molecule has 0 saturated carbocycles. The van der Waals surface area contributed by atoms with Gasteiger partial charge in [0.25, 0.3) is 5.89 Å². The first-order valence-electron chi connectivity index (χ1n) is 7.28. The Morgan fingerprint density at radius 1 is 1.30 bits per heavy atom. The maximum absolute atomic E-state index is 12.2. The Labute approximate surface area is 132 Å². The van der Waals surface area contributed by atoms with Crippen LogP contribution in [0.3, 0.4) is 0 Å². The number of oxazole rings is 1. The van der Waals surface area contributed by atoms with Gasteiger partial charge in [-0.05, 0) is 20.8 Å². The third-order valence-electron chi connectivity index (χ3n) is 3.29. The van der Waals surface area contributed by atoms with Crippen molar-refractivity contribution in [2.45, 2.75) is 46.3 Å². The molecule has 1 N–H and O–H groups in total. The van der Waals surface area contributed by atoms with Crippen LogP contribution in [0.2, 0.25) is 0 Å². The third-order valence-corrected chi connectivity index (χ3v) is 3.29. The topological polar surface area (TPSA) is 114 Å². The fourth-order valence-electron chi connectivity index (χ4n) is 2.29. The molecule has 122 valence electrons. The molecular weight excluding hydrogens is 302 g/mol. The SMILES string of the molecule is Cc1noc(CC(=O)N2Cc3nc(C(=O)NC(C)C)oc3C2)n1. The molecule has 0 radical (unpaired) electrons. The van der Waals surface area contributed by atoms with Crippen LogP contribution in [-0.2, 0) is 24.3 Å². The zero-order valence-electron chi connectivity index (χ0n) is 13.1. The van der Waals surface area contributed by atoms with Gasteiger partial charge in [-0.1, -0.05) is 5.16 Å². The van der Waals surface area contributed by atoms with Gasteiger partial charge >= 0.3 is 5.91 Å². The lowest BCUT2D eigenvalue weighted by atomic mass is 10.3. The second kappa shape index (κ2) is 5.82. The van der Waals surface area contributed by atoms with E-state index in [-0.39, 0.29) is 42.6 Å². The van der Waals surface area contributed by atoms with Gasteiger partial charge in [0.1, 0.15) is 17.9 Å². The number of hydrogen-bond donors (Lipinski definition) is 1. The monoisotopic (exact) mass is 319 g/mol. The standard InChI is InChI=1S/C14H17N5O4/c1-7(2)15-13(21)14-17-9-5-19(6-10(9)22-14)12(20)4-11-16-8(3)18-23-11/h7H,4-6H2,1-3H3,(H,15,21). The lowest BCUT2D eigenvalue weighted by molar-refractivity contribution is -0.131. The number of aromatic nitrogens is 3. The van der Waals surface area contributed by atoms with Crippen molar-refractivity contribution in [1.29, 1.82) is 0 Å². The zero-order valence-corrected chi connectivity index (χ0v) is 13.1. The molecule has 9 heteroatoms. The van der Waals surface area contributed by atoms with Gasteiger partial charge in [0, 0.05) is 6.04 Å². The number of fused-ring (bicyclic) bond motifs is 1. The lowest BCUT2D eigenvalue weighted by Crippen LogP contribution is -2.31. The fraction of sp³-hybridized carbons (Fsp3) is 0.500. The molecule has 2 aromatic rings. The van der Waals surface area contributed by atoms with Crippen molar-refractivity contribution >= 4 is 11.8 Å². The summed E-state index contributed by atoms with van der Waals surface area (Å²) in [7, 11) is 0. The molecule has 0 fully saturated rings. The van der Waals surface area contributed by atoms with Gasteiger partial charge in [0.15, 0.2) is 5.82 Å². The summed E-state index contributed by atoms with van der Waals surface area (Å²) in [6, 6.07) is 0.000166. The Balaban J connectivity index is 1.62. The quantitative estimate of drug-likeness (QED) is 0.877. The smallest absolute Gasteiger partial charge is 0.307 e.